The van der Waals surface area contributed by atoms with E-state index < -0.39 is 0 Å². The number of hydrogen-bond donors (Lipinski definition) is 1. The molecule has 0 heterocycles. The highest BCUT2D eigenvalue weighted by Crippen LogP contribution is 2.38. The largest absolute Gasteiger partial charge is 0.388 e. The number of benzene rings is 2. The first-order chi connectivity index (χ1) is 12.5. The van der Waals surface area contributed by atoms with E-state index in [4.69, 9.17) is 0 Å². The highest BCUT2D eigenvalue weighted by molar-refractivity contribution is 5.82. The molecule has 1 nitrogen and oxygen atoms in total. The van der Waals surface area contributed by atoms with Crippen LogP contribution in [-0.2, 0) is 0 Å². The minimum Gasteiger partial charge on any atom is -0.388 e. The van der Waals surface area contributed by atoms with E-state index in [1.807, 2.05) is 7.05 Å². The number of allylic oxidation sites excluding steroid dienone is 2. The van der Waals surface area contributed by atoms with Crippen molar-refractivity contribution in [2.75, 3.05) is 12.4 Å². The molecule has 0 spiro atoms. The summed E-state index contributed by atoms with van der Waals surface area (Å²) in [5, 5.41) is 3.37. The van der Waals surface area contributed by atoms with Gasteiger partial charge in [0.15, 0.2) is 0 Å². The molecule has 0 atom stereocenters. The third-order valence-electron chi connectivity index (χ3n) is 5.81. The fourth-order valence-electron chi connectivity index (χ4n) is 4.23. The molecule has 0 amide bonds. The maximum absolute atomic E-state index is 4.36. The standard InChI is InChI=1S/C25H31N/c1-17-15-19(3)20(4)24(16-17)18(2)13-14-23-22(21-9-6-7-10-21)11-8-12-25(23)26-5/h8,11-16,21,26H,2,6-7,9-10H2,1,3-5H3/b14-13-. The quantitative estimate of drug-likeness (QED) is 0.573. The smallest absolute Gasteiger partial charge is 0.0414 e. The first-order valence-corrected chi connectivity index (χ1v) is 9.77. The van der Waals surface area contributed by atoms with E-state index in [1.54, 1.807) is 0 Å². The topological polar surface area (TPSA) is 12.0 Å². The summed E-state index contributed by atoms with van der Waals surface area (Å²) in [4.78, 5) is 0. The average molecular weight is 346 g/mol. The summed E-state index contributed by atoms with van der Waals surface area (Å²) < 4.78 is 0. The Morgan fingerprint density at radius 2 is 1.85 bits per heavy atom. The van der Waals surface area contributed by atoms with Crippen LogP contribution >= 0.6 is 0 Å². The second-order valence-corrected chi connectivity index (χ2v) is 7.65. The molecule has 1 N–H and O–H groups in total. The molecule has 0 unspecified atom stereocenters. The Morgan fingerprint density at radius 1 is 1.12 bits per heavy atom. The Labute approximate surface area is 158 Å². The van der Waals surface area contributed by atoms with Crippen molar-refractivity contribution in [2.45, 2.75) is 52.4 Å². The van der Waals surface area contributed by atoms with Crippen LogP contribution in [0.1, 0.15) is 65.0 Å². The fraction of sp³-hybridized carbons (Fsp3) is 0.360. The molecular formula is C25H31N. The highest BCUT2D eigenvalue weighted by Gasteiger charge is 2.20. The second-order valence-electron chi connectivity index (χ2n) is 7.65. The molecule has 0 saturated heterocycles. The van der Waals surface area contributed by atoms with Crippen LogP contribution in [0.3, 0.4) is 0 Å². The Bertz CT molecular complexity index is 835. The van der Waals surface area contributed by atoms with Crippen molar-refractivity contribution in [3.63, 3.8) is 0 Å². The van der Waals surface area contributed by atoms with Gasteiger partial charge in [0.05, 0.1) is 0 Å². The predicted molar refractivity (Wildman–Crippen MR) is 116 cm³/mol. The zero-order valence-corrected chi connectivity index (χ0v) is 16.7. The molecule has 0 radical (unpaired) electrons. The fourth-order valence-corrected chi connectivity index (χ4v) is 4.23. The Morgan fingerprint density at radius 3 is 2.54 bits per heavy atom. The molecule has 0 aliphatic heterocycles. The third kappa shape index (κ3) is 3.77. The summed E-state index contributed by atoms with van der Waals surface area (Å²) >= 11 is 0. The van der Waals surface area contributed by atoms with Gasteiger partial charge in [-0.05, 0) is 73.4 Å². The molecule has 3 rings (SSSR count). The zero-order chi connectivity index (χ0) is 18.7. The van der Waals surface area contributed by atoms with Gasteiger partial charge in [0, 0.05) is 18.3 Å². The van der Waals surface area contributed by atoms with E-state index in [2.05, 4.69) is 75.2 Å². The van der Waals surface area contributed by atoms with Crippen molar-refractivity contribution in [2.24, 2.45) is 0 Å². The van der Waals surface area contributed by atoms with Gasteiger partial charge in [-0.3, -0.25) is 0 Å². The highest BCUT2D eigenvalue weighted by atomic mass is 14.8. The van der Waals surface area contributed by atoms with E-state index in [0.29, 0.717) is 5.92 Å². The summed E-state index contributed by atoms with van der Waals surface area (Å²) in [5.74, 6) is 0.694. The van der Waals surface area contributed by atoms with Gasteiger partial charge in [0.1, 0.15) is 0 Å². The molecular weight excluding hydrogens is 314 g/mol. The van der Waals surface area contributed by atoms with E-state index in [0.717, 1.165) is 5.57 Å². The van der Waals surface area contributed by atoms with Crippen LogP contribution in [-0.4, -0.2) is 7.05 Å². The molecule has 0 bridgehead atoms. The lowest BCUT2D eigenvalue weighted by atomic mass is 9.90. The summed E-state index contributed by atoms with van der Waals surface area (Å²) in [6.45, 7) is 10.9. The van der Waals surface area contributed by atoms with Gasteiger partial charge in [-0.25, -0.2) is 0 Å². The second kappa shape index (κ2) is 7.95. The SMILES string of the molecule is C=C(/C=C\c1c(NC)cccc1C1CCCC1)c1cc(C)cc(C)c1C. The maximum atomic E-state index is 4.36. The lowest BCUT2D eigenvalue weighted by Gasteiger charge is -2.17. The van der Waals surface area contributed by atoms with Gasteiger partial charge in [0.2, 0.25) is 0 Å². The van der Waals surface area contributed by atoms with Crippen LogP contribution in [0.4, 0.5) is 5.69 Å². The molecule has 1 heteroatoms. The van der Waals surface area contributed by atoms with Crippen LogP contribution in [0.2, 0.25) is 0 Å². The van der Waals surface area contributed by atoms with Crippen molar-refractivity contribution < 1.29 is 0 Å². The van der Waals surface area contributed by atoms with Gasteiger partial charge >= 0.3 is 0 Å². The molecule has 2 aromatic carbocycles. The number of anilines is 1. The molecule has 1 aliphatic rings. The van der Waals surface area contributed by atoms with Crippen molar-refractivity contribution in [1.29, 1.82) is 0 Å². The zero-order valence-electron chi connectivity index (χ0n) is 16.7. The van der Waals surface area contributed by atoms with E-state index >= 15 is 0 Å². The first-order valence-electron chi connectivity index (χ1n) is 9.77. The summed E-state index contributed by atoms with van der Waals surface area (Å²) in [7, 11) is 2.01. The Balaban J connectivity index is 1.96. The normalized spacial score (nSPS) is 14.9. The molecule has 0 aromatic heterocycles. The molecule has 1 fully saturated rings. The van der Waals surface area contributed by atoms with Crippen LogP contribution in [0, 0.1) is 20.8 Å². The molecule has 26 heavy (non-hydrogen) atoms. The lowest BCUT2D eigenvalue weighted by Crippen LogP contribution is -2.00. The van der Waals surface area contributed by atoms with Crippen LogP contribution < -0.4 is 5.32 Å². The molecule has 136 valence electrons. The van der Waals surface area contributed by atoms with E-state index in [9.17, 15) is 0 Å². The van der Waals surface area contributed by atoms with Gasteiger partial charge in [0.25, 0.3) is 0 Å². The third-order valence-corrected chi connectivity index (χ3v) is 5.81. The first kappa shape index (κ1) is 18.5. The Hall–Kier alpha value is -2.28. The van der Waals surface area contributed by atoms with E-state index in [1.165, 1.54) is 64.8 Å². The van der Waals surface area contributed by atoms with Crippen molar-refractivity contribution in [3.05, 3.63) is 76.4 Å². The van der Waals surface area contributed by atoms with Crippen molar-refractivity contribution in [3.8, 4) is 0 Å². The predicted octanol–water partition coefficient (Wildman–Crippen LogP) is 7.04. The molecule has 2 aromatic rings. The number of rotatable bonds is 5. The van der Waals surface area contributed by atoms with Gasteiger partial charge in [-0.1, -0.05) is 61.4 Å². The molecule has 1 aliphatic carbocycles. The van der Waals surface area contributed by atoms with Gasteiger partial charge < -0.3 is 5.32 Å². The Kier molecular flexibility index (Phi) is 5.66. The number of hydrogen-bond acceptors (Lipinski definition) is 1. The van der Waals surface area contributed by atoms with Crippen LogP contribution in [0.15, 0.2) is 43.0 Å². The number of nitrogens with one attached hydrogen (secondary N) is 1. The monoisotopic (exact) mass is 345 g/mol. The van der Waals surface area contributed by atoms with Crippen LogP contribution in [0.5, 0.6) is 0 Å². The average Bonchev–Trinajstić information content (AvgIpc) is 3.16. The molecule has 1 saturated carbocycles. The summed E-state index contributed by atoms with van der Waals surface area (Å²) in [6.07, 6.45) is 9.78. The summed E-state index contributed by atoms with van der Waals surface area (Å²) in [5.41, 5.74) is 10.3. The summed E-state index contributed by atoms with van der Waals surface area (Å²) in [6, 6.07) is 11.1. The number of aryl methyl sites for hydroxylation is 2. The van der Waals surface area contributed by atoms with Crippen molar-refractivity contribution >= 4 is 17.3 Å². The minimum absolute atomic E-state index is 0.694. The lowest BCUT2D eigenvalue weighted by molar-refractivity contribution is 0.722. The van der Waals surface area contributed by atoms with Crippen LogP contribution in [0.25, 0.3) is 11.6 Å². The minimum atomic E-state index is 0.694. The van der Waals surface area contributed by atoms with Gasteiger partial charge in [-0.15, -0.1) is 0 Å². The maximum Gasteiger partial charge on any atom is 0.0414 e. The van der Waals surface area contributed by atoms with Gasteiger partial charge in [-0.2, -0.15) is 0 Å². The van der Waals surface area contributed by atoms with E-state index in [-0.39, 0.29) is 0 Å². The van der Waals surface area contributed by atoms with Crippen molar-refractivity contribution in [1.82, 2.24) is 0 Å².